The lowest BCUT2D eigenvalue weighted by Gasteiger charge is -2.16. The fourth-order valence-corrected chi connectivity index (χ4v) is 3.90. The van der Waals surface area contributed by atoms with Crippen molar-refractivity contribution in [2.75, 3.05) is 6.54 Å². The van der Waals surface area contributed by atoms with Gasteiger partial charge in [0.25, 0.3) is 5.91 Å². The number of carbonyl (C=O) groups is 2. The van der Waals surface area contributed by atoms with E-state index in [2.05, 4.69) is 22.7 Å². The number of hydrogen-bond acceptors (Lipinski definition) is 3. The van der Waals surface area contributed by atoms with Gasteiger partial charge in [-0.05, 0) is 51.4 Å². The third-order valence-corrected chi connectivity index (χ3v) is 6.07. The van der Waals surface area contributed by atoms with Gasteiger partial charge < -0.3 is 10.6 Å². The van der Waals surface area contributed by atoms with Gasteiger partial charge in [0, 0.05) is 30.7 Å². The van der Waals surface area contributed by atoms with Gasteiger partial charge in [0.15, 0.2) is 0 Å². The van der Waals surface area contributed by atoms with E-state index in [4.69, 9.17) is 0 Å². The van der Waals surface area contributed by atoms with E-state index in [1.54, 1.807) is 6.20 Å². The standard InChI is InChI=1S/C20H32N4O2/c1-3-20(9-10-20)19(26)21-11-8-15(2)23-18(25)17-12-22-24(14-17)13-16-6-4-5-7-16/h12,14-16H,3-11,13H2,1-2H3,(H,21,26)(H,23,25)/t15-/m0/s1. The van der Waals surface area contributed by atoms with E-state index in [1.165, 1.54) is 25.7 Å². The normalized spacial score (nSPS) is 19.9. The lowest BCUT2D eigenvalue weighted by Crippen LogP contribution is -2.38. The predicted molar refractivity (Wildman–Crippen MR) is 101 cm³/mol. The highest BCUT2D eigenvalue weighted by atomic mass is 16.2. The summed E-state index contributed by atoms with van der Waals surface area (Å²) >= 11 is 0. The molecule has 1 aromatic heterocycles. The topological polar surface area (TPSA) is 76.0 Å². The maximum atomic E-state index is 12.4. The molecule has 1 atom stereocenters. The zero-order valence-electron chi connectivity index (χ0n) is 16.1. The second-order valence-corrected chi connectivity index (χ2v) is 8.15. The first-order valence-corrected chi connectivity index (χ1v) is 10.1. The highest BCUT2D eigenvalue weighted by Gasteiger charge is 2.47. The van der Waals surface area contributed by atoms with Gasteiger partial charge >= 0.3 is 0 Å². The van der Waals surface area contributed by atoms with E-state index < -0.39 is 0 Å². The molecule has 2 aliphatic rings. The summed E-state index contributed by atoms with van der Waals surface area (Å²) in [7, 11) is 0. The van der Waals surface area contributed by atoms with Crippen molar-refractivity contribution >= 4 is 11.8 Å². The van der Waals surface area contributed by atoms with Crippen LogP contribution < -0.4 is 10.6 Å². The van der Waals surface area contributed by atoms with Gasteiger partial charge in [0.1, 0.15) is 0 Å². The summed E-state index contributed by atoms with van der Waals surface area (Å²) in [5.74, 6) is 0.784. The summed E-state index contributed by atoms with van der Waals surface area (Å²) in [5.41, 5.74) is 0.516. The third kappa shape index (κ3) is 4.65. The Balaban J connectivity index is 1.38. The molecular weight excluding hydrogens is 328 g/mol. The number of amides is 2. The van der Waals surface area contributed by atoms with Crippen molar-refractivity contribution < 1.29 is 9.59 Å². The average Bonchev–Trinajstić information content (AvgIpc) is 3.02. The van der Waals surface area contributed by atoms with Crippen LogP contribution in [0.2, 0.25) is 0 Å². The number of aromatic nitrogens is 2. The van der Waals surface area contributed by atoms with Gasteiger partial charge in [0.05, 0.1) is 11.8 Å². The van der Waals surface area contributed by atoms with Crippen molar-refractivity contribution in [2.45, 2.75) is 77.8 Å². The zero-order valence-corrected chi connectivity index (χ0v) is 16.1. The van der Waals surface area contributed by atoms with Crippen molar-refractivity contribution in [3.8, 4) is 0 Å². The zero-order chi connectivity index (χ0) is 18.6. The van der Waals surface area contributed by atoms with Crippen molar-refractivity contribution in [1.29, 1.82) is 0 Å². The first-order chi connectivity index (χ1) is 12.5. The lowest BCUT2D eigenvalue weighted by atomic mass is 10.0. The van der Waals surface area contributed by atoms with E-state index in [9.17, 15) is 9.59 Å². The summed E-state index contributed by atoms with van der Waals surface area (Å²) in [6.45, 7) is 5.55. The number of rotatable bonds is 9. The first kappa shape index (κ1) is 18.9. The molecule has 0 bridgehead atoms. The number of carbonyl (C=O) groups excluding carboxylic acids is 2. The number of nitrogens with zero attached hydrogens (tertiary/aromatic N) is 2. The van der Waals surface area contributed by atoms with Crippen molar-refractivity contribution in [1.82, 2.24) is 20.4 Å². The van der Waals surface area contributed by atoms with E-state index in [0.717, 1.165) is 32.2 Å². The highest BCUT2D eigenvalue weighted by molar-refractivity contribution is 5.93. The van der Waals surface area contributed by atoms with E-state index >= 15 is 0 Å². The molecule has 6 nitrogen and oxygen atoms in total. The van der Waals surface area contributed by atoms with E-state index in [-0.39, 0.29) is 23.3 Å². The van der Waals surface area contributed by atoms with E-state index in [1.807, 2.05) is 17.8 Å². The fourth-order valence-electron chi connectivity index (χ4n) is 3.90. The maximum absolute atomic E-state index is 12.4. The van der Waals surface area contributed by atoms with Crippen LogP contribution in [0.5, 0.6) is 0 Å². The molecule has 0 saturated heterocycles. The molecule has 1 heterocycles. The molecule has 0 unspecified atom stereocenters. The van der Waals surface area contributed by atoms with Crippen LogP contribution in [-0.4, -0.2) is 34.2 Å². The summed E-state index contributed by atoms with van der Waals surface area (Å²) in [6.07, 6.45) is 12.3. The molecule has 2 fully saturated rings. The first-order valence-electron chi connectivity index (χ1n) is 10.1. The Hall–Kier alpha value is -1.85. The summed E-state index contributed by atoms with van der Waals surface area (Å²) in [6, 6.07) is 0.0118. The summed E-state index contributed by atoms with van der Waals surface area (Å²) in [4.78, 5) is 24.5. The van der Waals surface area contributed by atoms with Crippen LogP contribution in [0.1, 0.15) is 75.6 Å². The third-order valence-electron chi connectivity index (χ3n) is 6.07. The number of nitrogens with one attached hydrogen (secondary N) is 2. The van der Waals surface area contributed by atoms with Crippen LogP contribution in [0.15, 0.2) is 12.4 Å². The van der Waals surface area contributed by atoms with E-state index in [0.29, 0.717) is 18.0 Å². The Morgan fingerprint density at radius 1 is 1.35 bits per heavy atom. The van der Waals surface area contributed by atoms with Crippen LogP contribution in [0.25, 0.3) is 0 Å². The molecule has 0 aromatic carbocycles. The molecule has 6 heteroatoms. The molecule has 0 aliphatic heterocycles. The molecular formula is C20H32N4O2. The molecule has 0 radical (unpaired) electrons. The minimum Gasteiger partial charge on any atom is -0.356 e. The Labute approximate surface area is 156 Å². The monoisotopic (exact) mass is 360 g/mol. The van der Waals surface area contributed by atoms with Crippen molar-refractivity contribution in [3.63, 3.8) is 0 Å². The Morgan fingerprint density at radius 2 is 2.08 bits per heavy atom. The second kappa shape index (κ2) is 8.23. The van der Waals surface area contributed by atoms with Crippen LogP contribution in [0.4, 0.5) is 0 Å². The van der Waals surface area contributed by atoms with Crippen LogP contribution in [-0.2, 0) is 11.3 Å². The summed E-state index contributed by atoms with van der Waals surface area (Å²) in [5, 5.41) is 10.4. The SMILES string of the molecule is CCC1(C(=O)NCC[C@H](C)NC(=O)c2cnn(CC3CCCC3)c2)CC1. The molecule has 1 aromatic rings. The molecule has 2 aliphatic carbocycles. The largest absolute Gasteiger partial charge is 0.356 e. The van der Waals surface area contributed by atoms with Gasteiger partial charge in [-0.1, -0.05) is 19.8 Å². The molecule has 2 amide bonds. The predicted octanol–water partition coefficient (Wildman–Crippen LogP) is 2.89. The molecule has 144 valence electrons. The van der Waals surface area contributed by atoms with Gasteiger partial charge in [-0.25, -0.2) is 0 Å². The lowest BCUT2D eigenvalue weighted by molar-refractivity contribution is -0.126. The fraction of sp³-hybridized carbons (Fsp3) is 0.750. The summed E-state index contributed by atoms with van der Waals surface area (Å²) < 4.78 is 1.90. The molecule has 3 rings (SSSR count). The van der Waals surface area contributed by atoms with Crippen LogP contribution in [0, 0.1) is 11.3 Å². The van der Waals surface area contributed by atoms with Crippen molar-refractivity contribution in [2.24, 2.45) is 11.3 Å². The van der Waals surface area contributed by atoms with Crippen LogP contribution in [0.3, 0.4) is 0 Å². The number of hydrogen-bond donors (Lipinski definition) is 2. The Kier molecular flexibility index (Phi) is 5.99. The Bertz CT molecular complexity index is 630. The minimum atomic E-state index is -0.0968. The molecule has 2 saturated carbocycles. The minimum absolute atomic E-state index is 0.0118. The Morgan fingerprint density at radius 3 is 2.73 bits per heavy atom. The second-order valence-electron chi connectivity index (χ2n) is 8.15. The van der Waals surface area contributed by atoms with Gasteiger partial charge in [-0.15, -0.1) is 0 Å². The molecule has 0 spiro atoms. The maximum Gasteiger partial charge on any atom is 0.254 e. The average molecular weight is 361 g/mol. The van der Waals surface area contributed by atoms with Gasteiger partial charge in [-0.2, -0.15) is 5.10 Å². The van der Waals surface area contributed by atoms with Crippen molar-refractivity contribution in [3.05, 3.63) is 18.0 Å². The molecule has 26 heavy (non-hydrogen) atoms. The van der Waals surface area contributed by atoms with Crippen LogP contribution >= 0.6 is 0 Å². The van der Waals surface area contributed by atoms with Gasteiger partial charge in [-0.3, -0.25) is 14.3 Å². The smallest absolute Gasteiger partial charge is 0.254 e. The highest BCUT2D eigenvalue weighted by Crippen LogP contribution is 2.48. The van der Waals surface area contributed by atoms with Gasteiger partial charge in [0.2, 0.25) is 5.91 Å². The molecule has 2 N–H and O–H groups in total. The quantitative estimate of drug-likeness (QED) is 0.711.